The van der Waals surface area contributed by atoms with Gasteiger partial charge in [0.2, 0.25) is 0 Å². The first-order valence-electron chi connectivity index (χ1n) is 5.67. The normalized spacial score (nSPS) is 18.2. The van der Waals surface area contributed by atoms with E-state index in [2.05, 4.69) is 0 Å². The van der Waals surface area contributed by atoms with Crippen LogP contribution in [0.4, 0.5) is 0 Å². The van der Waals surface area contributed by atoms with Crippen molar-refractivity contribution in [3.05, 3.63) is 0 Å². The molecule has 1 fully saturated rings. The van der Waals surface area contributed by atoms with Gasteiger partial charge in [-0.05, 0) is 25.7 Å². The van der Waals surface area contributed by atoms with Gasteiger partial charge in [-0.3, -0.25) is 9.35 Å². The standard InChI is InChI=1S/C10H16O7S.Na/c11-9(12)6-8(18(14,15)16)10(13)17-7-4-2-1-3-5-7;/h7-8H,1-6H2,(H,11,12)(H,14,15,16);/q;+1/p-1. The molecule has 7 nitrogen and oxygen atoms in total. The molecule has 1 rings (SSSR count). The van der Waals surface area contributed by atoms with Crippen molar-refractivity contribution >= 4 is 22.1 Å². The van der Waals surface area contributed by atoms with Gasteiger partial charge in [-0.15, -0.1) is 0 Å². The van der Waals surface area contributed by atoms with Crippen molar-refractivity contribution < 1.29 is 62.0 Å². The first-order valence-corrected chi connectivity index (χ1v) is 7.17. The van der Waals surface area contributed by atoms with Crippen molar-refractivity contribution in [3.8, 4) is 0 Å². The molecular weight excluding hydrogens is 287 g/mol. The fraction of sp³-hybridized carbons (Fsp3) is 0.800. The predicted molar refractivity (Wildman–Crippen MR) is 57.9 cm³/mol. The molecule has 1 aliphatic carbocycles. The van der Waals surface area contributed by atoms with E-state index in [1.165, 1.54) is 0 Å². The number of aliphatic carboxylic acids is 1. The van der Waals surface area contributed by atoms with Gasteiger partial charge in [-0.2, -0.15) is 8.42 Å². The van der Waals surface area contributed by atoms with Crippen molar-refractivity contribution in [2.24, 2.45) is 0 Å². The number of hydrogen-bond acceptors (Lipinski definition) is 6. The van der Waals surface area contributed by atoms with Crippen molar-refractivity contribution in [2.45, 2.75) is 49.9 Å². The van der Waals surface area contributed by atoms with Crippen LogP contribution in [-0.2, 0) is 24.4 Å². The van der Waals surface area contributed by atoms with E-state index in [0.29, 0.717) is 12.8 Å². The largest absolute Gasteiger partial charge is 1.00 e. The molecule has 104 valence electrons. The van der Waals surface area contributed by atoms with Crippen LogP contribution in [0.1, 0.15) is 38.5 Å². The topological polar surface area (TPSA) is 121 Å². The van der Waals surface area contributed by atoms with Gasteiger partial charge in [0.05, 0.1) is 0 Å². The summed E-state index contributed by atoms with van der Waals surface area (Å²) in [6.07, 6.45) is 2.49. The Morgan fingerprint density at radius 2 is 1.79 bits per heavy atom. The Kier molecular flexibility index (Phi) is 8.14. The predicted octanol–water partition coefficient (Wildman–Crippen LogP) is -3.74. The third-order valence-electron chi connectivity index (χ3n) is 2.81. The number of ether oxygens (including phenoxy) is 1. The van der Waals surface area contributed by atoms with E-state index >= 15 is 0 Å². The Hall–Kier alpha value is -0.150. The van der Waals surface area contributed by atoms with Crippen molar-refractivity contribution in [1.82, 2.24) is 0 Å². The number of carboxylic acids is 1. The average molecular weight is 302 g/mol. The molecule has 0 radical (unpaired) electrons. The van der Waals surface area contributed by atoms with Crippen LogP contribution in [0.15, 0.2) is 0 Å². The molecule has 1 atom stereocenters. The molecular formula is C10H15NaO7S. The van der Waals surface area contributed by atoms with Gasteiger partial charge in [0, 0.05) is 12.4 Å². The second-order valence-electron chi connectivity index (χ2n) is 4.28. The average Bonchev–Trinajstić information content (AvgIpc) is 2.25. The van der Waals surface area contributed by atoms with Crippen LogP contribution in [0.3, 0.4) is 0 Å². The van der Waals surface area contributed by atoms with Crippen LogP contribution >= 0.6 is 0 Å². The first kappa shape index (κ1) is 18.9. The van der Waals surface area contributed by atoms with Gasteiger partial charge in [-0.1, -0.05) is 6.42 Å². The molecule has 1 N–H and O–H groups in total. The second kappa shape index (κ2) is 8.21. The van der Waals surface area contributed by atoms with E-state index in [-0.39, 0.29) is 29.6 Å². The fourth-order valence-corrected chi connectivity index (χ4v) is 2.53. The summed E-state index contributed by atoms with van der Waals surface area (Å²) in [6.45, 7) is 0. The molecule has 9 heteroatoms. The Bertz CT molecular complexity index is 414. The molecule has 1 saturated carbocycles. The van der Waals surface area contributed by atoms with Crippen molar-refractivity contribution in [1.29, 1.82) is 0 Å². The summed E-state index contributed by atoms with van der Waals surface area (Å²) in [7, 11) is -4.81. The minimum atomic E-state index is -4.81. The summed E-state index contributed by atoms with van der Waals surface area (Å²) >= 11 is 0. The Morgan fingerprint density at radius 3 is 2.21 bits per heavy atom. The Morgan fingerprint density at radius 1 is 1.26 bits per heavy atom. The first-order chi connectivity index (χ1) is 8.30. The number of carbonyl (C=O) groups excluding carboxylic acids is 2. The smallest absolute Gasteiger partial charge is 0.550 e. The molecule has 1 unspecified atom stereocenters. The number of hydrogen-bond donors (Lipinski definition) is 1. The molecule has 1 aliphatic rings. The van der Waals surface area contributed by atoms with E-state index in [0.717, 1.165) is 19.3 Å². The fourth-order valence-electron chi connectivity index (χ4n) is 1.88. The number of esters is 1. The molecule has 0 saturated heterocycles. The van der Waals surface area contributed by atoms with Crippen LogP contribution < -0.4 is 34.7 Å². The maximum absolute atomic E-state index is 11.5. The minimum absolute atomic E-state index is 0. The van der Waals surface area contributed by atoms with Crippen LogP contribution in [0.5, 0.6) is 0 Å². The number of carbonyl (C=O) groups is 2. The zero-order valence-corrected chi connectivity index (χ0v) is 13.5. The van der Waals surface area contributed by atoms with E-state index < -0.39 is 39.8 Å². The SMILES string of the molecule is O=C([O-])CC(C(=O)OC1CCCCC1)S(=O)(=O)O.[Na+]. The van der Waals surface area contributed by atoms with E-state index in [9.17, 15) is 23.1 Å². The van der Waals surface area contributed by atoms with Crippen LogP contribution in [0, 0.1) is 0 Å². The number of rotatable bonds is 5. The van der Waals surface area contributed by atoms with Crippen LogP contribution in [0.2, 0.25) is 0 Å². The molecule has 0 spiro atoms. The minimum Gasteiger partial charge on any atom is -0.550 e. The van der Waals surface area contributed by atoms with Gasteiger partial charge < -0.3 is 14.6 Å². The zero-order chi connectivity index (χ0) is 13.8. The molecule has 0 aromatic carbocycles. The third-order valence-corrected chi connectivity index (χ3v) is 3.89. The summed E-state index contributed by atoms with van der Waals surface area (Å²) in [4.78, 5) is 21.9. The van der Waals surface area contributed by atoms with Gasteiger partial charge in [0.25, 0.3) is 10.1 Å². The summed E-state index contributed by atoms with van der Waals surface area (Å²) < 4.78 is 35.5. The molecule has 0 aromatic heterocycles. The van der Waals surface area contributed by atoms with E-state index in [1.807, 2.05) is 0 Å². The Labute approximate surface area is 133 Å². The van der Waals surface area contributed by atoms with Crippen LogP contribution in [0.25, 0.3) is 0 Å². The monoisotopic (exact) mass is 302 g/mol. The summed E-state index contributed by atoms with van der Waals surface area (Å²) in [5.74, 6) is -2.97. The van der Waals surface area contributed by atoms with E-state index in [1.54, 1.807) is 0 Å². The van der Waals surface area contributed by atoms with Gasteiger partial charge >= 0.3 is 35.5 Å². The number of carboxylic acid groups (broad SMARTS) is 1. The van der Waals surface area contributed by atoms with Gasteiger partial charge in [0.15, 0.2) is 5.25 Å². The Balaban J connectivity index is 0.00000324. The molecule has 0 aliphatic heterocycles. The molecule has 19 heavy (non-hydrogen) atoms. The van der Waals surface area contributed by atoms with Crippen molar-refractivity contribution in [3.63, 3.8) is 0 Å². The molecule has 0 bridgehead atoms. The quantitative estimate of drug-likeness (QED) is 0.315. The summed E-state index contributed by atoms with van der Waals surface area (Å²) in [5, 5.41) is 8.25. The van der Waals surface area contributed by atoms with Gasteiger partial charge in [0.1, 0.15) is 6.10 Å². The summed E-state index contributed by atoms with van der Waals surface area (Å²) in [6, 6.07) is 0. The zero-order valence-electron chi connectivity index (χ0n) is 10.7. The molecule has 0 aromatic rings. The summed E-state index contributed by atoms with van der Waals surface area (Å²) in [5.41, 5.74) is 0. The molecule has 0 heterocycles. The maximum Gasteiger partial charge on any atom is 1.00 e. The van der Waals surface area contributed by atoms with Crippen molar-refractivity contribution in [2.75, 3.05) is 0 Å². The molecule has 0 amide bonds. The second-order valence-corrected chi connectivity index (χ2v) is 5.88. The maximum atomic E-state index is 11.5. The third kappa shape index (κ3) is 6.71. The van der Waals surface area contributed by atoms with Crippen LogP contribution in [-0.4, -0.2) is 36.3 Å². The van der Waals surface area contributed by atoms with Gasteiger partial charge in [-0.25, -0.2) is 0 Å². The van der Waals surface area contributed by atoms with E-state index in [4.69, 9.17) is 9.29 Å².